The van der Waals surface area contributed by atoms with E-state index in [4.69, 9.17) is 20.1 Å². The zero-order valence-corrected chi connectivity index (χ0v) is 10.1. The molecule has 8 N–H and O–H groups in total. The Hall–Kier alpha value is -1.43. The Morgan fingerprint density at radius 1 is 1.20 bits per heavy atom. The fourth-order valence-corrected chi connectivity index (χ4v) is 1.71. The van der Waals surface area contributed by atoms with Crippen molar-refractivity contribution in [1.82, 2.24) is 0 Å². The molecule has 0 aromatic rings. The minimum atomic E-state index is -2.04. The van der Waals surface area contributed by atoms with Crippen LogP contribution in [0.4, 0.5) is 0 Å². The van der Waals surface area contributed by atoms with E-state index in [9.17, 15) is 30.3 Å². The molecule has 0 aromatic carbocycles. The lowest BCUT2D eigenvalue weighted by molar-refractivity contribution is -0.194. The topological polar surface area (TPSA) is 188 Å². The number of ether oxygens (including phenoxy) is 1. The maximum absolute atomic E-state index is 10.8. The first-order valence-electron chi connectivity index (χ1n) is 5.55. The molecule has 10 heteroatoms. The van der Waals surface area contributed by atoms with Gasteiger partial charge in [0, 0.05) is 0 Å². The maximum atomic E-state index is 10.8. The van der Waals surface area contributed by atoms with Gasteiger partial charge in [0.05, 0.1) is 6.61 Å². The van der Waals surface area contributed by atoms with Crippen molar-refractivity contribution >= 4 is 5.97 Å². The molecule has 0 saturated heterocycles. The number of carbonyl (C=O) groups is 1. The van der Waals surface area contributed by atoms with E-state index >= 15 is 0 Å². The summed E-state index contributed by atoms with van der Waals surface area (Å²) in [6.45, 7) is -0.906. The average molecular weight is 296 g/mol. The van der Waals surface area contributed by atoms with Crippen LogP contribution < -0.4 is 0 Å². The standard InChI is InChI=1S/C10H16O10/c11-1-2(12)3(13)5(15)8-6(16)4(14)7(17)9(20-8)10(18)19/h2-3,5-6,8-9,11-17H,1H2,(H,18,19)/t2-,3-,5+,6+,8+,9?/m1/s1. The van der Waals surface area contributed by atoms with Crippen LogP contribution in [-0.4, -0.2) is 90.1 Å². The number of rotatable bonds is 5. The molecule has 1 unspecified atom stereocenters. The van der Waals surface area contributed by atoms with Crippen molar-refractivity contribution in [1.29, 1.82) is 0 Å². The van der Waals surface area contributed by atoms with Gasteiger partial charge in [0.1, 0.15) is 30.5 Å². The normalized spacial score (nSPS) is 31.8. The first kappa shape index (κ1) is 16.6. The van der Waals surface area contributed by atoms with E-state index in [1.54, 1.807) is 0 Å². The Morgan fingerprint density at radius 3 is 2.20 bits per heavy atom. The molecule has 1 heterocycles. The molecule has 0 spiro atoms. The summed E-state index contributed by atoms with van der Waals surface area (Å²) in [6.07, 6.45) is -11.7. The van der Waals surface area contributed by atoms with Gasteiger partial charge in [-0.05, 0) is 0 Å². The van der Waals surface area contributed by atoms with E-state index in [2.05, 4.69) is 0 Å². The number of carboxylic acids is 1. The first-order chi connectivity index (χ1) is 9.22. The molecule has 116 valence electrons. The van der Waals surface area contributed by atoms with Crippen LogP contribution in [0.1, 0.15) is 0 Å². The van der Waals surface area contributed by atoms with Gasteiger partial charge >= 0.3 is 5.97 Å². The summed E-state index contributed by atoms with van der Waals surface area (Å²) >= 11 is 0. The molecule has 10 nitrogen and oxygen atoms in total. The van der Waals surface area contributed by atoms with Crippen LogP contribution >= 0.6 is 0 Å². The number of hydrogen-bond acceptors (Lipinski definition) is 9. The Balaban J connectivity index is 2.99. The highest BCUT2D eigenvalue weighted by atomic mass is 16.6. The van der Waals surface area contributed by atoms with Crippen LogP contribution in [0.3, 0.4) is 0 Å². The maximum Gasteiger partial charge on any atom is 0.340 e. The van der Waals surface area contributed by atoms with Gasteiger partial charge in [-0.3, -0.25) is 0 Å². The Kier molecular flexibility index (Phi) is 5.28. The number of carboxylic acid groups (broad SMARTS) is 1. The van der Waals surface area contributed by atoms with Crippen molar-refractivity contribution in [2.45, 2.75) is 36.6 Å². The smallest absolute Gasteiger partial charge is 0.340 e. The van der Waals surface area contributed by atoms with E-state index in [0.29, 0.717) is 0 Å². The lowest BCUT2D eigenvalue weighted by Gasteiger charge is -2.36. The van der Waals surface area contributed by atoms with E-state index in [0.717, 1.165) is 0 Å². The summed E-state index contributed by atoms with van der Waals surface area (Å²) in [7, 11) is 0. The molecule has 20 heavy (non-hydrogen) atoms. The minimum Gasteiger partial charge on any atom is -0.506 e. The van der Waals surface area contributed by atoms with Crippen molar-refractivity contribution < 1.29 is 50.4 Å². The number of aliphatic hydroxyl groups excluding tert-OH is 7. The molecule has 0 bridgehead atoms. The number of hydrogen-bond donors (Lipinski definition) is 8. The Labute approximate surface area is 112 Å². The Bertz CT molecular complexity index is 393. The monoisotopic (exact) mass is 296 g/mol. The quantitative estimate of drug-likeness (QED) is 0.254. The second kappa shape index (κ2) is 6.35. The van der Waals surface area contributed by atoms with Crippen molar-refractivity contribution in [3.63, 3.8) is 0 Å². The van der Waals surface area contributed by atoms with Crippen LogP contribution in [-0.2, 0) is 9.53 Å². The van der Waals surface area contributed by atoms with Gasteiger partial charge in [-0.15, -0.1) is 0 Å². The van der Waals surface area contributed by atoms with Gasteiger partial charge in [0.25, 0.3) is 0 Å². The molecule has 0 radical (unpaired) electrons. The molecular formula is C10H16O10. The van der Waals surface area contributed by atoms with E-state index in [-0.39, 0.29) is 0 Å². The fourth-order valence-electron chi connectivity index (χ4n) is 1.71. The largest absolute Gasteiger partial charge is 0.506 e. The molecule has 0 amide bonds. The lowest BCUT2D eigenvalue weighted by Crippen LogP contribution is -2.55. The van der Waals surface area contributed by atoms with E-state index in [1.165, 1.54) is 0 Å². The SMILES string of the molecule is O=C(O)C1O[C@@H]([C@@H](O)[C@H](O)[C@H](O)CO)[C@@H](O)C(O)=C1O. The molecule has 0 fully saturated rings. The lowest BCUT2D eigenvalue weighted by atomic mass is 9.95. The molecule has 0 saturated carbocycles. The highest BCUT2D eigenvalue weighted by Crippen LogP contribution is 2.27. The third-order valence-corrected chi connectivity index (χ3v) is 2.89. The second-order valence-electron chi connectivity index (χ2n) is 4.27. The van der Waals surface area contributed by atoms with Crippen molar-refractivity contribution in [3.8, 4) is 0 Å². The second-order valence-corrected chi connectivity index (χ2v) is 4.27. The molecule has 1 aliphatic rings. The molecule has 1 rings (SSSR count). The predicted molar refractivity (Wildman–Crippen MR) is 59.7 cm³/mol. The summed E-state index contributed by atoms with van der Waals surface area (Å²) in [6, 6.07) is 0. The molecule has 1 aliphatic heterocycles. The molecule has 0 aromatic heterocycles. The van der Waals surface area contributed by atoms with Gasteiger partial charge in [0.2, 0.25) is 6.10 Å². The van der Waals surface area contributed by atoms with Crippen LogP contribution in [0.5, 0.6) is 0 Å². The van der Waals surface area contributed by atoms with Gasteiger partial charge in [-0.2, -0.15) is 0 Å². The Morgan fingerprint density at radius 2 is 1.75 bits per heavy atom. The zero-order chi connectivity index (χ0) is 15.6. The third kappa shape index (κ3) is 3.00. The van der Waals surface area contributed by atoms with E-state index in [1.807, 2.05) is 0 Å². The van der Waals surface area contributed by atoms with Crippen molar-refractivity contribution in [2.75, 3.05) is 6.61 Å². The predicted octanol–water partition coefficient (Wildman–Crippen LogP) is -3.40. The van der Waals surface area contributed by atoms with Crippen molar-refractivity contribution in [2.24, 2.45) is 0 Å². The molecule has 0 aliphatic carbocycles. The average Bonchev–Trinajstić information content (AvgIpc) is 2.42. The summed E-state index contributed by atoms with van der Waals surface area (Å²) in [4.78, 5) is 10.8. The fraction of sp³-hybridized carbons (Fsp3) is 0.700. The van der Waals surface area contributed by atoms with Gasteiger partial charge < -0.3 is 45.6 Å². The van der Waals surface area contributed by atoms with Crippen LogP contribution in [0, 0.1) is 0 Å². The third-order valence-electron chi connectivity index (χ3n) is 2.89. The van der Waals surface area contributed by atoms with Crippen LogP contribution in [0.25, 0.3) is 0 Å². The summed E-state index contributed by atoms with van der Waals surface area (Å²) in [5, 5.41) is 74.0. The number of aliphatic carboxylic acids is 1. The van der Waals surface area contributed by atoms with Crippen LogP contribution in [0.15, 0.2) is 11.5 Å². The minimum absolute atomic E-state index is 0.906. The highest BCUT2D eigenvalue weighted by Gasteiger charge is 2.46. The molecular weight excluding hydrogens is 280 g/mol. The number of aliphatic hydroxyl groups is 7. The molecule has 6 atom stereocenters. The highest BCUT2D eigenvalue weighted by molar-refractivity contribution is 5.76. The van der Waals surface area contributed by atoms with Crippen molar-refractivity contribution in [3.05, 3.63) is 11.5 Å². The summed E-state index contributed by atoms with van der Waals surface area (Å²) in [5.41, 5.74) is 0. The van der Waals surface area contributed by atoms with Gasteiger partial charge in [-0.1, -0.05) is 0 Å². The van der Waals surface area contributed by atoms with E-state index < -0.39 is 60.7 Å². The summed E-state index contributed by atoms with van der Waals surface area (Å²) in [5.74, 6) is -3.96. The first-order valence-corrected chi connectivity index (χ1v) is 5.55. The van der Waals surface area contributed by atoms with Gasteiger partial charge in [-0.25, -0.2) is 4.79 Å². The zero-order valence-electron chi connectivity index (χ0n) is 10.1. The van der Waals surface area contributed by atoms with Crippen LogP contribution in [0.2, 0.25) is 0 Å². The summed E-state index contributed by atoms with van der Waals surface area (Å²) < 4.78 is 4.70. The van der Waals surface area contributed by atoms with Gasteiger partial charge in [0.15, 0.2) is 11.5 Å².